The number of carbonyl (C=O) groups excluding carboxylic acids is 3. The third-order valence-electron chi connectivity index (χ3n) is 2.68. The van der Waals surface area contributed by atoms with Gasteiger partial charge in [0, 0.05) is 35.8 Å². The highest BCUT2D eigenvalue weighted by Crippen LogP contribution is 2.20. The molecule has 1 aliphatic rings. The standard InChI is InChI=1S/C10H15N3O5S/c1-6(14)18-10(16)8-3-2-4-13(8)9(15)7(11)5-19-12-17/h7-8H,2-5,11H2,1H3/t7-,8+/m1/s1. The van der Waals surface area contributed by atoms with Crippen molar-refractivity contribution >= 4 is 29.8 Å². The molecule has 0 saturated carbocycles. The van der Waals surface area contributed by atoms with Gasteiger partial charge in [0.2, 0.25) is 5.91 Å². The Bertz CT molecular complexity index is 389. The van der Waals surface area contributed by atoms with Gasteiger partial charge in [-0.15, -0.1) is 4.91 Å². The normalized spacial score (nSPS) is 19.9. The van der Waals surface area contributed by atoms with Crippen LogP contribution in [0.25, 0.3) is 0 Å². The van der Waals surface area contributed by atoms with Gasteiger partial charge in [0.15, 0.2) is 0 Å². The van der Waals surface area contributed by atoms with Crippen molar-refractivity contribution < 1.29 is 19.1 Å². The highest BCUT2D eigenvalue weighted by molar-refractivity contribution is 7.97. The molecule has 19 heavy (non-hydrogen) atoms. The number of likely N-dealkylation sites (tertiary alicyclic amines) is 1. The molecule has 0 bridgehead atoms. The molecule has 1 aliphatic heterocycles. The Morgan fingerprint density at radius 2 is 2.21 bits per heavy atom. The second-order valence-corrected chi connectivity index (χ2v) is 4.82. The fourth-order valence-electron chi connectivity index (χ4n) is 1.88. The van der Waals surface area contributed by atoms with E-state index in [1.54, 1.807) is 0 Å². The molecule has 0 aliphatic carbocycles. The average molecular weight is 289 g/mol. The number of esters is 2. The minimum atomic E-state index is -0.909. The van der Waals surface area contributed by atoms with Gasteiger partial charge in [-0.2, -0.15) is 0 Å². The number of nitroso groups, excluding NO2 is 1. The zero-order chi connectivity index (χ0) is 14.4. The fourth-order valence-corrected chi connectivity index (χ4v) is 2.24. The molecular formula is C10H15N3O5S. The Kier molecular flexibility index (Phi) is 5.90. The minimum absolute atomic E-state index is 0.0489. The summed E-state index contributed by atoms with van der Waals surface area (Å²) in [4.78, 5) is 45.7. The number of nitrogens with two attached hydrogens (primary N) is 1. The first-order valence-corrected chi connectivity index (χ1v) is 6.64. The first-order valence-electron chi connectivity index (χ1n) is 5.70. The first-order chi connectivity index (χ1) is 8.97. The van der Waals surface area contributed by atoms with Gasteiger partial charge in [-0.1, -0.05) is 0 Å². The summed E-state index contributed by atoms with van der Waals surface area (Å²) < 4.78 is 7.05. The zero-order valence-electron chi connectivity index (χ0n) is 10.4. The number of ether oxygens (including phenoxy) is 1. The van der Waals surface area contributed by atoms with Gasteiger partial charge in [0.05, 0.1) is 6.04 Å². The topological polar surface area (TPSA) is 119 Å². The lowest BCUT2D eigenvalue weighted by Gasteiger charge is -2.25. The summed E-state index contributed by atoms with van der Waals surface area (Å²) in [6, 6.07) is -1.69. The molecular weight excluding hydrogens is 274 g/mol. The van der Waals surface area contributed by atoms with Crippen LogP contribution < -0.4 is 5.73 Å². The van der Waals surface area contributed by atoms with Gasteiger partial charge >= 0.3 is 11.9 Å². The molecule has 1 fully saturated rings. The van der Waals surface area contributed by atoms with Gasteiger partial charge in [-0.05, 0) is 12.8 Å². The molecule has 0 aromatic rings. The van der Waals surface area contributed by atoms with Crippen molar-refractivity contribution in [3.8, 4) is 0 Å². The molecule has 0 aromatic carbocycles. The maximum atomic E-state index is 12.0. The van der Waals surface area contributed by atoms with Crippen molar-refractivity contribution in [3.63, 3.8) is 0 Å². The van der Waals surface area contributed by atoms with E-state index in [1.165, 1.54) is 4.90 Å². The number of carbonyl (C=O) groups is 3. The van der Waals surface area contributed by atoms with Crippen molar-refractivity contribution in [2.75, 3.05) is 12.3 Å². The minimum Gasteiger partial charge on any atom is -0.392 e. The molecule has 1 amide bonds. The van der Waals surface area contributed by atoms with E-state index in [4.69, 9.17) is 5.73 Å². The van der Waals surface area contributed by atoms with Gasteiger partial charge in [-0.3, -0.25) is 9.59 Å². The largest absolute Gasteiger partial charge is 0.392 e. The fraction of sp³-hybridized carbons (Fsp3) is 0.700. The summed E-state index contributed by atoms with van der Waals surface area (Å²) in [5.41, 5.74) is 5.62. The van der Waals surface area contributed by atoms with Crippen molar-refractivity contribution in [2.45, 2.75) is 31.8 Å². The lowest BCUT2D eigenvalue weighted by Crippen LogP contribution is -2.50. The van der Waals surface area contributed by atoms with Crippen LogP contribution in [0.1, 0.15) is 19.8 Å². The molecule has 0 aromatic heterocycles. The molecule has 1 heterocycles. The van der Waals surface area contributed by atoms with Crippen molar-refractivity contribution in [3.05, 3.63) is 4.91 Å². The summed E-state index contributed by atoms with van der Waals surface area (Å²) in [5, 5.41) is 0. The molecule has 2 atom stereocenters. The van der Waals surface area contributed by atoms with Gasteiger partial charge in [-0.25, -0.2) is 4.79 Å². The lowest BCUT2D eigenvalue weighted by atomic mass is 10.2. The van der Waals surface area contributed by atoms with Gasteiger partial charge in [0.25, 0.3) is 0 Å². The summed E-state index contributed by atoms with van der Waals surface area (Å²) in [6.07, 6.45) is 1.07. The van der Waals surface area contributed by atoms with Gasteiger partial charge < -0.3 is 15.4 Å². The molecule has 8 nitrogen and oxygen atoms in total. The van der Waals surface area contributed by atoms with Crippen LogP contribution in [0.15, 0.2) is 4.58 Å². The second-order valence-electron chi connectivity index (χ2n) is 4.08. The van der Waals surface area contributed by atoms with Gasteiger partial charge in [0.1, 0.15) is 6.04 Å². The van der Waals surface area contributed by atoms with Crippen molar-refractivity contribution in [1.29, 1.82) is 0 Å². The van der Waals surface area contributed by atoms with Crippen LogP contribution in [-0.2, 0) is 19.1 Å². The van der Waals surface area contributed by atoms with Crippen LogP contribution in [0.4, 0.5) is 0 Å². The van der Waals surface area contributed by atoms with Crippen LogP contribution >= 0.6 is 11.9 Å². The van der Waals surface area contributed by atoms with Crippen molar-refractivity contribution in [2.24, 2.45) is 10.3 Å². The SMILES string of the molecule is CC(=O)OC(=O)[C@@H]1CCCN1C(=O)[C@H](N)CSN=O. The maximum Gasteiger partial charge on any atom is 0.336 e. The number of hydrogen-bond acceptors (Lipinski definition) is 8. The Labute approximate surface area is 114 Å². The molecule has 0 unspecified atom stereocenters. The van der Waals surface area contributed by atoms with Crippen LogP contribution in [-0.4, -0.2) is 47.1 Å². The molecule has 106 valence electrons. The zero-order valence-corrected chi connectivity index (χ0v) is 11.2. The Morgan fingerprint density at radius 3 is 2.79 bits per heavy atom. The Hall–Kier alpha value is -1.48. The van der Waals surface area contributed by atoms with E-state index in [1.807, 2.05) is 0 Å². The summed E-state index contributed by atoms with van der Waals surface area (Å²) in [7, 11) is 0. The van der Waals surface area contributed by atoms with E-state index < -0.39 is 29.9 Å². The maximum absolute atomic E-state index is 12.0. The van der Waals surface area contributed by atoms with Crippen LogP contribution in [0.2, 0.25) is 0 Å². The molecule has 1 saturated heterocycles. The summed E-state index contributed by atoms with van der Waals surface area (Å²) in [6.45, 7) is 1.50. The smallest absolute Gasteiger partial charge is 0.336 e. The summed E-state index contributed by atoms with van der Waals surface area (Å²) >= 11 is 0.650. The van der Waals surface area contributed by atoms with E-state index in [0.29, 0.717) is 31.3 Å². The number of amides is 1. The van der Waals surface area contributed by atoms with Crippen LogP contribution in [0.5, 0.6) is 0 Å². The first kappa shape index (κ1) is 15.6. The van der Waals surface area contributed by atoms with E-state index in [0.717, 1.165) is 6.92 Å². The Balaban J connectivity index is 2.64. The van der Waals surface area contributed by atoms with Crippen molar-refractivity contribution in [1.82, 2.24) is 4.90 Å². The highest BCUT2D eigenvalue weighted by atomic mass is 32.2. The molecule has 1 rings (SSSR count). The van der Waals surface area contributed by atoms with E-state index in [2.05, 4.69) is 9.32 Å². The van der Waals surface area contributed by atoms with E-state index >= 15 is 0 Å². The third-order valence-corrected chi connectivity index (χ3v) is 3.29. The number of rotatable bonds is 5. The predicted molar refractivity (Wildman–Crippen MR) is 67.7 cm³/mol. The average Bonchev–Trinajstić information content (AvgIpc) is 2.83. The predicted octanol–water partition coefficient (Wildman–Crippen LogP) is -0.191. The molecule has 2 N–H and O–H groups in total. The summed E-state index contributed by atoms with van der Waals surface area (Å²) in [5.74, 6) is -1.85. The van der Waals surface area contributed by atoms with Crippen LogP contribution in [0.3, 0.4) is 0 Å². The van der Waals surface area contributed by atoms with E-state index in [9.17, 15) is 19.3 Å². The molecule has 0 radical (unpaired) electrons. The molecule has 0 spiro atoms. The lowest BCUT2D eigenvalue weighted by molar-refractivity contribution is -0.163. The highest BCUT2D eigenvalue weighted by Gasteiger charge is 2.37. The monoisotopic (exact) mass is 289 g/mol. The molecule has 9 heteroatoms. The quantitative estimate of drug-likeness (QED) is 0.322. The Morgan fingerprint density at radius 1 is 1.53 bits per heavy atom. The second kappa shape index (κ2) is 7.19. The third kappa shape index (κ3) is 4.28. The number of hydrogen-bond donors (Lipinski definition) is 1. The van der Waals surface area contributed by atoms with E-state index in [-0.39, 0.29) is 5.75 Å². The number of nitrogens with zero attached hydrogens (tertiary/aromatic N) is 2. The van der Waals surface area contributed by atoms with Crippen LogP contribution in [0, 0.1) is 4.91 Å².